The van der Waals surface area contributed by atoms with Gasteiger partial charge in [-0.15, -0.1) is 0 Å². The number of hydrogen-bond acceptors (Lipinski definition) is 6. The van der Waals surface area contributed by atoms with Gasteiger partial charge in [0.2, 0.25) is 5.78 Å². The van der Waals surface area contributed by atoms with Crippen molar-refractivity contribution in [1.29, 1.82) is 0 Å². The molecule has 1 N–H and O–H groups in total. The quantitative estimate of drug-likeness (QED) is 0.366. The summed E-state index contributed by atoms with van der Waals surface area (Å²) in [5, 5.41) is 10.7. The third-order valence-corrected chi connectivity index (χ3v) is 5.64. The Labute approximate surface area is 195 Å². The predicted octanol–water partition coefficient (Wildman–Crippen LogP) is 5.23. The number of benzene rings is 2. The van der Waals surface area contributed by atoms with Crippen LogP contribution in [0.15, 0.2) is 112 Å². The molecule has 2 aromatic heterocycles. The normalized spacial score (nSPS) is 15.7. The van der Waals surface area contributed by atoms with E-state index < -0.39 is 23.5 Å². The van der Waals surface area contributed by atoms with E-state index in [1.165, 1.54) is 23.5 Å². The summed E-state index contributed by atoms with van der Waals surface area (Å²) in [6.45, 7) is 0.497. The molecule has 0 aliphatic carbocycles. The molecule has 0 saturated heterocycles. The number of ether oxygens (including phenoxy) is 1. The minimum atomic E-state index is -0.821. The van der Waals surface area contributed by atoms with E-state index in [0.29, 0.717) is 23.7 Å². The molecule has 4 aromatic rings. The first-order chi connectivity index (χ1) is 16.6. The highest BCUT2D eigenvalue weighted by atomic mass is 16.5. The maximum Gasteiger partial charge on any atom is 0.290 e. The number of amides is 1. The summed E-state index contributed by atoms with van der Waals surface area (Å²) in [6.07, 6.45) is 2.88. The maximum atomic E-state index is 13.2. The lowest BCUT2D eigenvalue weighted by atomic mass is 9.95. The zero-order chi connectivity index (χ0) is 23.5. The number of hydrogen-bond donors (Lipinski definition) is 1. The Kier molecular flexibility index (Phi) is 5.74. The zero-order valence-electron chi connectivity index (χ0n) is 18.1. The first-order valence-electron chi connectivity index (χ1n) is 10.7. The molecule has 34 heavy (non-hydrogen) atoms. The van der Waals surface area contributed by atoms with Crippen molar-refractivity contribution >= 4 is 11.7 Å². The number of carbonyl (C=O) groups excluding carboxylic acids is 2. The lowest BCUT2D eigenvalue weighted by Crippen LogP contribution is -2.30. The van der Waals surface area contributed by atoms with Crippen molar-refractivity contribution in [3.63, 3.8) is 0 Å². The number of aliphatic hydroxyl groups excluding tert-OH is 1. The predicted molar refractivity (Wildman–Crippen MR) is 122 cm³/mol. The Balaban J connectivity index is 1.45. The Morgan fingerprint density at radius 3 is 2.32 bits per heavy atom. The van der Waals surface area contributed by atoms with Crippen LogP contribution in [0.2, 0.25) is 0 Å². The van der Waals surface area contributed by atoms with E-state index in [0.717, 1.165) is 5.56 Å². The fraction of sp³-hybridized carbons (Fsp3) is 0.111. The van der Waals surface area contributed by atoms with Gasteiger partial charge < -0.3 is 23.6 Å². The van der Waals surface area contributed by atoms with E-state index in [-0.39, 0.29) is 17.9 Å². The van der Waals surface area contributed by atoms with E-state index in [9.17, 15) is 14.7 Å². The van der Waals surface area contributed by atoms with E-state index in [2.05, 4.69) is 0 Å². The molecule has 1 amide bonds. The van der Waals surface area contributed by atoms with Gasteiger partial charge in [0.15, 0.2) is 11.5 Å². The standard InChI is InChI=1S/C27H21NO6/c29-25(22-9-5-15-33-22)23-24(28(27(31)26(23)30)16-21-8-4-14-32-21)19-10-12-20(13-11-19)34-17-18-6-2-1-3-7-18/h1-15,24,30H,16-17H2/t24-/m0/s1. The molecule has 0 radical (unpaired) electrons. The van der Waals surface area contributed by atoms with Gasteiger partial charge in [-0.05, 0) is 47.5 Å². The first kappa shape index (κ1) is 21.3. The van der Waals surface area contributed by atoms with Crippen LogP contribution in [0.4, 0.5) is 0 Å². The molecule has 1 aliphatic heterocycles. The third-order valence-electron chi connectivity index (χ3n) is 5.64. The Morgan fingerprint density at radius 2 is 1.65 bits per heavy atom. The van der Waals surface area contributed by atoms with Crippen LogP contribution in [0, 0.1) is 0 Å². The number of nitrogens with zero attached hydrogens (tertiary/aromatic N) is 1. The fourth-order valence-corrected chi connectivity index (χ4v) is 3.99. The highest BCUT2D eigenvalue weighted by molar-refractivity contribution is 6.14. The number of aliphatic hydroxyl groups is 1. The van der Waals surface area contributed by atoms with Gasteiger partial charge in [0, 0.05) is 0 Å². The molecule has 1 atom stereocenters. The Hall–Kier alpha value is -4.52. The SMILES string of the molecule is O=C(C1=C(O)C(=O)N(Cc2ccco2)[C@H]1c1ccc(OCc2ccccc2)cc1)c1ccco1. The average molecular weight is 455 g/mol. The van der Waals surface area contributed by atoms with Gasteiger partial charge in [-0.2, -0.15) is 0 Å². The third kappa shape index (κ3) is 4.11. The van der Waals surface area contributed by atoms with Crippen LogP contribution < -0.4 is 4.74 Å². The van der Waals surface area contributed by atoms with Gasteiger partial charge in [0.1, 0.15) is 18.1 Å². The van der Waals surface area contributed by atoms with Crippen LogP contribution >= 0.6 is 0 Å². The summed E-state index contributed by atoms with van der Waals surface area (Å²) in [5.74, 6) is -0.584. The molecule has 0 spiro atoms. The first-order valence-corrected chi connectivity index (χ1v) is 10.7. The molecule has 1 aliphatic rings. The minimum Gasteiger partial charge on any atom is -0.503 e. The summed E-state index contributed by atoms with van der Waals surface area (Å²) in [7, 11) is 0. The molecular formula is C27H21NO6. The summed E-state index contributed by atoms with van der Waals surface area (Å²) >= 11 is 0. The number of Topliss-reactive ketones (excluding diaryl/α,β-unsaturated/α-hetero) is 1. The van der Waals surface area contributed by atoms with E-state index in [4.69, 9.17) is 13.6 Å². The second-order valence-electron chi connectivity index (χ2n) is 7.83. The second kappa shape index (κ2) is 9.15. The van der Waals surface area contributed by atoms with Crippen LogP contribution in [-0.4, -0.2) is 21.7 Å². The molecule has 3 heterocycles. The number of carbonyl (C=O) groups is 2. The lowest BCUT2D eigenvalue weighted by molar-refractivity contribution is -0.130. The Morgan fingerprint density at radius 1 is 0.912 bits per heavy atom. The maximum absolute atomic E-state index is 13.2. The zero-order valence-corrected chi connectivity index (χ0v) is 18.1. The molecule has 7 nitrogen and oxygen atoms in total. The van der Waals surface area contributed by atoms with Gasteiger partial charge >= 0.3 is 0 Å². The molecular weight excluding hydrogens is 434 g/mol. The van der Waals surface area contributed by atoms with Gasteiger partial charge in [-0.3, -0.25) is 9.59 Å². The topological polar surface area (TPSA) is 93.1 Å². The fourth-order valence-electron chi connectivity index (χ4n) is 3.99. The van der Waals surface area contributed by atoms with Crippen molar-refractivity contribution < 1.29 is 28.3 Å². The molecule has 0 fully saturated rings. The largest absolute Gasteiger partial charge is 0.503 e. The van der Waals surface area contributed by atoms with E-state index >= 15 is 0 Å². The van der Waals surface area contributed by atoms with Crippen LogP contribution in [0.5, 0.6) is 5.75 Å². The lowest BCUT2D eigenvalue weighted by Gasteiger charge is -2.26. The highest BCUT2D eigenvalue weighted by Gasteiger charge is 2.44. The molecule has 7 heteroatoms. The number of ketones is 1. The molecule has 2 aromatic carbocycles. The Bertz CT molecular complexity index is 1310. The van der Waals surface area contributed by atoms with Crippen molar-refractivity contribution in [2.45, 2.75) is 19.2 Å². The van der Waals surface area contributed by atoms with Crippen LogP contribution in [0.1, 0.15) is 33.5 Å². The van der Waals surface area contributed by atoms with Crippen molar-refractivity contribution in [3.05, 3.63) is 125 Å². The summed E-state index contributed by atoms with van der Waals surface area (Å²) in [4.78, 5) is 27.6. The van der Waals surface area contributed by atoms with Crippen molar-refractivity contribution in [1.82, 2.24) is 4.90 Å². The van der Waals surface area contributed by atoms with Gasteiger partial charge in [-0.25, -0.2) is 0 Å². The van der Waals surface area contributed by atoms with E-state index in [1.54, 1.807) is 42.5 Å². The van der Waals surface area contributed by atoms with Crippen LogP contribution in [-0.2, 0) is 17.9 Å². The van der Waals surface area contributed by atoms with Gasteiger partial charge in [0.05, 0.1) is 30.7 Å². The van der Waals surface area contributed by atoms with Crippen molar-refractivity contribution in [2.75, 3.05) is 0 Å². The van der Waals surface area contributed by atoms with Gasteiger partial charge in [0.25, 0.3) is 5.91 Å². The summed E-state index contributed by atoms with van der Waals surface area (Å²) in [6, 6.07) is 22.6. The number of furan rings is 2. The molecule has 0 saturated carbocycles. The summed E-state index contributed by atoms with van der Waals surface area (Å²) < 4.78 is 16.5. The monoisotopic (exact) mass is 455 g/mol. The molecule has 5 rings (SSSR count). The smallest absolute Gasteiger partial charge is 0.290 e. The van der Waals surface area contributed by atoms with Crippen LogP contribution in [0.3, 0.4) is 0 Å². The minimum absolute atomic E-state index is 0.0375. The van der Waals surface area contributed by atoms with Crippen molar-refractivity contribution in [3.8, 4) is 5.75 Å². The molecule has 170 valence electrons. The second-order valence-corrected chi connectivity index (χ2v) is 7.83. The van der Waals surface area contributed by atoms with Crippen molar-refractivity contribution in [2.24, 2.45) is 0 Å². The number of rotatable bonds is 8. The van der Waals surface area contributed by atoms with E-state index in [1.807, 2.05) is 30.3 Å². The molecule has 0 bridgehead atoms. The van der Waals surface area contributed by atoms with Gasteiger partial charge in [-0.1, -0.05) is 42.5 Å². The highest BCUT2D eigenvalue weighted by Crippen LogP contribution is 2.40. The average Bonchev–Trinajstić information content (AvgIpc) is 3.63. The molecule has 0 unspecified atom stereocenters. The van der Waals surface area contributed by atoms with Crippen LogP contribution in [0.25, 0.3) is 0 Å². The summed E-state index contributed by atoms with van der Waals surface area (Å²) in [5.41, 5.74) is 1.65.